The van der Waals surface area contributed by atoms with Crippen molar-refractivity contribution in [3.05, 3.63) is 64.4 Å². The van der Waals surface area contributed by atoms with Crippen LogP contribution in [-0.2, 0) is 9.53 Å². The van der Waals surface area contributed by atoms with Crippen molar-refractivity contribution in [2.45, 2.75) is 0 Å². The molecule has 2 rings (SSSR count). The second-order valence-electron chi connectivity index (χ2n) is 4.44. The molecule has 0 unspecified atom stereocenters. The number of hydrogen-bond donors (Lipinski definition) is 1. The van der Waals surface area contributed by atoms with Gasteiger partial charge in [-0.25, -0.2) is 9.18 Å². The second kappa shape index (κ2) is 7.38. The number of nitriles is 1. The molecule has 0 spiro atoms. The van der Waals surface area contributed by atoms with Crippen molar-refractivity contribution in [1.82, 2.24) is 0 Å². The van der Waals surface area contributed by atoms with Crippen LogP contribution in [0, 0.1) is 17.1 Å². The van der Waals surface area contributed by atoms with Gasteiger partial charge >= 0.3 is 5.97 Å². The van der Waals surface area contributed by atoms with E-state index >= 15 is 0 Å². The third-order valence-electron chi connectivity index (χ3n) is 2.79. The van der Waals surface area contributed by atoms with Crippen LogP contribution in [-0.4, -0.2) is 18.5 Å². The van der Waals surface area contributed by atoms with Gasteiger partial charge in [0.15, 0.2) is 6.61 Å². The lowest BCUT2D eigenvalue weighted by Crippen LogP contribution is -2.20. The fourth-order valence-corrected chi connectivity index (χ4v) is 1.85. The van der Waals surface area contributed by atoms with Crippen LogP contribution in [0.5, 0.6) is 0 Å². The second-order valence-corrected chi connectivity index (χ2v) is 4.85. The van der Waals surface area contributed by atoms with Crippen molar-refractivity contribution in [3.63, 3.8) is 0 Å². The summed E-state index contributed by atoms with van der Waals surface area (Å²) in [5.74, 6) is -1.88. The topological polar surface area (TPSA) is 79.2 Å². The van der Waals surface area contributed by atoms with E-state index in [1.54, 1.807) is 0 Å². The zero-order valence-electron chi connectivity index (χ0n) is 11.7. The summed E-state index contributed by atoms with van der Waals surface area (Å²) in [4.78, 5) is 23.4. The minimum Gasteiger partial charge on any atom is -0.452 e. The quantitative estimate of drug-likeness (QED) is 0.872. The van der Waals surface area contributed by atoms with Crippen molar-refractivity contribution >= 4 is 29.2 Å². The Morgan fingerprint density at radius 1 is 1.22 bits per heavy atom. The van der Waals surface area contributed by atoms with Gasteiger partial charge in [-0.1, -0.05) is 11.6 Å². The first kappa shape index (κ1) is 16.5. The Morgan fingerprint density at radius 2 is 1.91 bits per heavy atom. The number of esters is 1. The molecule has 116 valence electrons. The summed E-state index contributed by atoms with van der Waals surface area (Å²) in [5, 5.41) is 11.0. The van der Waals surface area contributed by atoms with Crippen LogP contribution in [0.1, 0.15) is 15.9 Å². The molecule has 0 radical (unpaired) electrons. The average Bonchev–Trinajstić information content (AvgIpc) is 2.56. The Hall–Kier alpha value is -2.91. The summed E-state index contributed by atoms with van der Waals surface area (Å²) in [7, 11) is 0. The number of carbonyl (C=O) groups is 2. The van der Waals surface area contributed by atoms with Crippen molar-refractivity contribution < 1.29 is 18.7 Å². The number of nitrogens with zero attached hydrogens (tertiary/aromatic N) is 1. The Labute approximate surface area is 136 Å². The molecule has 23 heavy (non-hydrogen) atoms. The van der Waals surface area contributed by atoms with Crippen LogP contribution in [0.15, 0.2) is 42.5 Å². The highest BCUT2D eigenvalue weighted by Crippen LogP contribution is 2.19. The average molecular weight is 333 g/mol. The van der Waals surface area contributed by atoms with Crippen LogP contribution in [0.25, 0.3) is 0 Å². The lowest BCUT2D eigenvalue weighted by molar-refractivity contribution is -0.119. The number of nitrogens with one attached hydrogen (secondary N) is 1. The van der Waals surface area contributed by atoms with Crippen molar-refractivity contribution in [3.8, 4) is 6.07 Å². The van der Waals surface area contributed by atoms with Gasteiger partial charge in [0.1, 0.15) is 5.82 Å². The van der Waals surface area contributed by atoms with E-state index in [2.05, 4.69) is 5.32 Å². The Morgan fingerprint density at radius 3 is 2.52 bits per heavy atom. The molecule has 0 fully saturated rings. The lowest BCUT2D eigenvalue weighted by atomic mass is 10.1. The van der Waals surface area contributed by atoms with E-state index in [1.165, 1.54) is 36.4 Å². The first-order valence-corrected chi connectivity index (χ1v) is 6.79. The predicted molar refractivity (Wildman–Crippen MR) is 81.5 cm³/mol. The van der Waals surface area contributed by atoms with E-state index in [0.717, 1.165) is 6.07 Å². The van der Waals surface area contributed by atoms with Crippen molar-refractivity contribution in [2.75, 3.05) is 11.9 Å². The molecule has 0 saturated carbocycles. The molecule has 2 aromatic rings. The highest BCUT2D eigenvalue weighted by molar-refractivity contribution is 6.31. The monoisotopic (exact) mass is 332 g/mol. The Balaban J connectivity index is 1.89. The number of rotatable bonds is 4. The minimum absolute atomic E-state index is 0.127. The van der Waals surface area contributed by atoms with Crippen LogP contribution < -0.4 is 5.32 Å². The smallest absolute Gasteiger partial charge is 0.338 e. The third kappa shape index (κ3) is 4.53. The van der Waals surface area contributed by atoms with Crippen LogP contribution in [0.2, 0.25) is 5.02 Å². The maximum atomic E-state index is 13.0. The maximum Gasteiger partial charge on any atom is 0.338 e. The van der Waals surface area contributed by atoms with E-state index in [4.69, 9.17) is 21.6 Å². The van der Waals surface area contributed by atoms with Gasteiger partial charge in [0.05, 0.1) is 22.2 Å². The van der Waals surface area contributed by atoms with Gasteiger partial charge in [-0.2, -0.15) is 5.26 Å². The number of amides is 1. The van der Waals surface area contributed by atoms with Gasteiger partial charge in [0.2, 0.25) is 0 Å². The molecule has 5 nitrogen and oxygen atoms in total. The van der Waals surface area contributed by atoms with Crippen molar-refractivity contribution in [2.24, 2.45) is 0 Å². The van der Waals surface area contributed by atoms with Gasteiger partial charge < -0.3 is 10.1 Å². The van der Waals surface area contributed by atoms with Crippen LogP contribution in [0.3, 0.4) is 0 Å². The number of ether oxygens (including phenoxy) is 1. The third-order valence-corrected chi connectivity index (χ3v) is 3.08. The summed E-state index contributed by atoms with van der Waals surface area (Å²) >= 11 is 5.59. The first-order chi connectivity index (χ1) is 11.0. The molecule has 0 aliphatic heterocycles. The van der Waals surface area contributed by atoms with E-state index in [9.17, 15) is 14.0 Å². The van der Waals surface area contributed by atoms with E-state index in [0.29, 0.717) is 5.56 Å². The molecule has 7 heteroatoms. The summed E-state index contributed by atoms with van der Waals surface area (Å²) in [6.45, 7) is -0.506. The molecule has 0 atom stereocenters. The fraction of sp³-hybridized carbons (Fsp3) is 0.0625. The van der Waals surface area contributed by atoms with E-state index < -0.39 is 24.3 Å². The molecule has 0 aromatic heterocycles. The van der Waals surface area contributed by atoms with Gasteiger partial charge in [0.25, 0.3) is 5.91 Å². The number of hydrogen-bond acceptors (Lipinski definition) is 4. The molecule has 0 aliphatic carbocycles. The molecule has 1 amide bonds. The largest absolute Gasteiger partial charge is 0.452 e. The Bertz CT molecular complexity index is 785. The van der Waals surface area contributed by atoms with Crippen LogP contribution in [0.4, 0.5) is 10.1 Å². The lowest BCUT2D eigenvalue weighted by Gasteiger charge is -2.07. The summed E-state index contributed by atoms with van der Waals surface area (Å²) in [6.07, 6.45) is 0. The van der Waals surface area contributed by atoms with Gasteiger partial charge in [0, 0.05) is 5.69 Å². The number of anilines is 1. The number of halogens is 2. The normalized spacial score (nSPS) is 9.78. The van der Waals surface area contributed by atoms with Gasteiger partial charge in [-0.3, -0.25) is 4.79 Å². The summed E-state index contributed by atoms with van der Waals surface area (Å²) in [6, 6.07) is 11.4. The van der Waals surface area contributed by atoms with E-state index in [-0.39, 0.29) is 16.3 Å². The predicted octanol–water partition coefficient (Wildman–Crippen LogP) is 3.15. The highest BCUT2D eigenvalue weighted by atomic mass is 35.5. The molecule has 0 heterocycles. The summed E-state index contributed by atoms with van der Waals surface area (Å²) in [5.41, 5.74) is 0.921. The zero-order valence-corrected chi connectivity index (χ0v) is 12.4. The molecule has 1 N–H and O–H groups in total. The molecular formula is C16H10ClFN2O3. The van der Waals surface area contributed by atoms with Gasteiger partial charge in [-0.05, 0) is 42.5 Å². The SMILES string of the molecule is N#Cc1ccc(C(=O)OCC(=O)Nc2ccc(F)c(Cl)c2)cc1. The number of benzene rings is 2. The molecular weight excluding hydrogens is 323 g/mol. The standard InChI is InChI=1S/C16H10ClFN2O3/c17-13-7-12(5-6-14(13)18)20-15(21)9-23-16(22)11-3-1-10(8-19)2-4-11/h1-7H,9H2,(H,20,21). The molecule has 0 bridgehead atoms. The van der Waals surface area contributed by atoms with Crippen molar-refractivity contribution in [1.29, 1.82) is 5.26 Å². The summed E-state index contributed by atoms with van der Waals surface area (Å²) < 4.78 is 17.8. The molecule has 0 aliphatic rings. The first-order valence-electron chi connectivity index (χ1n) is 6.42. The van der Waals surface area contributed by atoms with E-state index in [1.807, 2.05) is 6.07 Å². The minimum atomic E-state index is -0.693. The number of carbonyl (C=O) groups excluding carboxylic acids is 2. The highest BCUT2D eigenvalue weighted by Gasteiger charge is 2.11. The fourth-order valence-electron chi connectivity index (χ4n) is 1.67. The maximum absolute atomic E-state index is 13.0. The molecule has 0 saturated heterocycles. The molecule has 2 aromatic carbocycles. The Kier molecular flexibility index (Phi) is 5.28. The van der Waals surface area contributed by atoms with Crippen LogP contribution >= 0.6 is 11.6 Å². The van der Waals surface area contributed by atoms with Gasteiger partial charge in [-0.15, -0.1) is 0 Å². The zero-order chi connectivity index (χ0) is 16.8.